The molecule has 0 aliphatic heterocycles. The van der Waals surface area contributed by atoms with Crippen LogP contribution < -0.4 is 0 Å². The summed E-state index contributed by atoms with van der Waals surface area (Å²) < 4.78 is 26.7. The zero-order valence-electron chi connectivity index (χ0n) is 12.6. The summed E-state index contributed by atoms with van der Waals surface area (Å²) in [5, 5.41) is 8.48. The van der Waals surface area contributed by atoms with Crippen molar-refractivity contribution in [3.8, 4) is 0 Å². The molecule has 0 aromatic heterocycles. The van der Waals surface area contributed by atoms with Crippen molar-refractivity contribution < 1.29 is 52.1 Å². The average Bonchev–Trinajstić information content (AvgIpc) is 2.46. The second kappa shape index (κ2) is 13.6. The molecule has 0 fully saturated rings. The Morgan fingerprint density at radius 2 is 1.50 bits per heavy atom. The van der Waals surface area contributed by atoms with E-state index in [-0.39, 0.29) is 39.0 Å². The molecule has 1 aromatic rings. The van der Waals surface area contributed by atoms with Gasteiger partial charge in [-0.3, -0.25) is 0 Å². The maximum Gasteiger partial charge on any atom is 0.323 e. The Bertz CT molecular complexity index is 492. The first-order valence-corrected chi connectivity index (χ1v) is 8.68. The van der Waals surface area contributed by atoms with E-state index in [0.717, 1.165) is 12.8 Å². The predicted molar refractivity (Wildman–Crippen MR) is 79.0 cm³/mol. The van der Waals surface area contributed by atoms with Gasteiger partial charge in [0.1, 0.15) is 0 Å². The van der Waals surface area contributed by atoms with Gasteiger partial charge >= 0.3 is 10.1 Å². The van der Waals surface area contributed by atoms with Crippen molar-refractivity contribution >= 4 is 10.1 Å². The van der Waals surface area contributed by atoms with Gasteiger partial charge in [-0.1, -0.05) is 63.6 Å². The molecule has 7 heteroatoms. The van der Waals surface area contributed by atoms with Crippen molar-refractivity contribution in [1.29, 1.82) is 0 Å². The Hall–Kier alpha value is 0.129. The van der Waals surface area contributed by atoms with Crippen LogP contribution in [-0.4, -0.2) is 13.7 Å². The Balaban J connectivity index is 0. The van der Waals surface area contributed by atoms with E-state index >= 15 is 0 Å². The van der Waals surface area contributed by atoms with E-state index in [0.29, 0.717) is 12.0 Å². The summed E-state index contributed by atoms with van der Waals surface area (Å²) >= 11 is 0. The standard InChI is InChI=1S/C15H24O4S.2Cu/c1-2-3-4-5-6-7-8-11-14-12-9-10-13-15(14)20(17,18)19-16;;/h9-10,12-13,16H,2-8,11H2,1H3;;. The number of rotatable bonds is 10. The first-order valence-electron chi connectivity index (χ1n) is 7.27. The van der Waals surface area contributed by atoms with E-state index in [1.807, 2.05) is 0 Å². The van der Waals surface area contributed by atoms with Crippen LogP contribution in [0.1, 0.15) is 57.4 Å². The van der Waals surface area contributed by atoms with Gasteiger partial charge in [-0.15, -0.1) is 4.33 Å². The molecule has 1 rings (SSSR count). The SMILES string of the molecule is CCCCCCCCCc1ccccc1S(=O)(=O)OO.[Cu].[Cu]. The van der Waals surface area contributed by atoms with Crippen LogP contribution >= 0.6 is 0 Å². The molecular formula is C15H24Cu2O4S. The minimum atomic E-state index is -4.03. The molecule has 0 heterocycles. The molecule has 1 N–H and O–H groups in total. The summed E-state index contributed by atoms with van der Waals surface area (Å²) in [6.45, 7) is 2.20. The van der Waals surface area contributed by atoms with Gasteiger partial charge in [-0.05, 0) is 24.5 Å². The first kappa shape index (κ1) is 24.4. The fourth-order valence-corrected chi connectivity index (χ4v) is 3.08. The average molecular weight is 428 g/mol. The van der Waals surface area contributed by atoms with Gasteiger partial charge in [0, 0.05) is 34.1 Å². The van der Waals surface area contributed by atoms with Crippen molar-refractivity contribution in [1.82, 2.24) is 0 Å². The maximum atomic E-state index is 11.6. The molecule has 0 amide bonds. The molecule has 2 radical (unpaired) electrons. The number of hydrogen-bond donors (Lipinski definition) is 1. The number of unbranched alkanes of at least 4 members (excludes halogenated alkanes) is 6. The molecule has 0 bridgehead atoms. The van der Waals surface area contributed by atoms with Crippen LogP contribution in [0.5, 0.6) is 0 Å². The molecule has 0 unspecified atom stereocenters. The number of benzene rings is 1. The van der Waals surface area contributed by atoms with Gasteiger partial charge in [0.25, 0.3) is 0 Å². The van der Waals surface area contributed by atoms with E-state index < -0.39 is 10.1 Å². The van der Waals surface area contributed by atoms with Crippen LogP contribution in [0.3, 0.4) is 0 Å². The summed E-state index contributed by atoms with van der Waals surface area (Å²) in [4.78, 5) is 0.0634. The molecule has 1 aromatic carbocycles. The van der Waals surface area contributed by atoms with E-state index in [9.17, 15) is 8.42 Å². The van der Waals surface area contributed by atoms with Crippen LogP contribution in [0, 0.1) is 0 Å². The molecular weight excluding hydrogens is 403 g/mol. The summed E-state index contributed by atoms with van der Waals surface area (Å²) in [5.41, 5.74) is 0.704. The summed E-state index contributed by atoms with van der Waals surface area (Å²) in [6, 6.07) is 6.65. The minimum absolute atomic E-state index is 0. The third-order valence-corrected chi connectivity index (χ3v) is 4.52. The number of hydrogen-bond acceptors (Lipinski definition) is 4. The van der Waals surface area contributed by atoms with Crippen LogP contribution in [0.2, 0.25) is 0 Å². The van der Waals surface area contributed by atoms with Gasteiger partial charge in [0.2, 0.25) is 0 Å². The van der Waals surface area contributed by atoms with Crippen LogP contribution in [0.4, 0.5) is 0 Å². The van der Waals surface area contributed by atoms with Crippen molar-refractivity contribution in [3.63, 3.8) is 0 Å². The summed E-state index contributed by atoms with van der Waals surface area (Å²) in [5.74, 6) is 0. The van der Waals surface area contributed by atoms with Crippen molar-refractivity contribution in [2.75, 3.05) is 0 Å². The second-order valence-corrected chi connectivity index (χ2v) is 6.50. The maximum absolute atomic E-state index is 11.6. The normalized spacial score (nSPS) is 10.6. The monoisotopic (exact) mass is 426 g/mol. The molecule has 0 aliphatic carbocycles. The van der Waals surface area contributed by atoms with Crippen molar-refractivity contribution in [3.05, 3.63) is 29.8 Å². The van der Waals surface area contributed by atoms with E-state index in [1.165, 1.54) is 38.2 Å². The minimum Gasteiger partial charge on any atom is -0.235 e. The van der Waals surface area contributed by atoms with Gasteiger partial charge in [0.15, 0.2) is 0 Å². The molecule has 0 atom stereocenters. The van der Waals surface area contributed by atoms with Crippen molar-refractivity contribution in [2.24, 2.45) is 0 Å². The van der Waals surface area contributed by atoms with Gasteiger partial charge < -0.3 is 0 Å². The second-order valence-electron chi connectivity index (χ2n) is 5.01. The first-order chi connectivity index (χ1) is 9.61. The van der Waals surface area contributed by atoms with E-state index in [4.69, 9.17) is 5.26 Å². The Morgan fingerprint density at radius 1 is 0.955 bits per heavy atom. The topological polar surface area (TPSA) is 63.6 Å². The van der Waals surface area contributed by atoms with Crippen LogP contribution in [0.25, 0.3) is 0 Å². The fourth-order valence-electron chi connectivity index (χ4n) is 2.27. The van der Waals surface area contributed by atoms with Gasteiger partial charge in [0.05, 0.1) is 4.90 Å². The molecule has 0 saturated heterocycles. The van der Waals surface area contributed by atoms with Gasteiger partial charge in [-0.2, -0.15) is 8.42 Å². The largest absolute Gasteiger partial charge is 0.323 e. The van der Waals surface area contributed by atoms with Crippen LogP contribution in [0.15, 0.2) is 29.2 Å². The fraction of sp³-hybridized carbons (Fsp3) is 0.600. The summed E-state index contributed by atoms with van der Waals surface area (Å²) in [6.07, 6.45) is 8.97. The van der Waals surface area contributed by atoms with Crippen LogP contribution in [-0.2, 0) is 55.0 Å². The quantitative estimate of drug-likeness (QED) is 0.264. The zero-order chi connectivity index (χ0) is 14.8. The molecule has 4 nitrogen and oxygen atoms in total. The Labute approximate surface area is 155 Å². The third-order valence-electron chi connectivity index (χ3n) is 3.39. The van der Waals surface area contributed by atoms with Crippen molar-refractivity contribution in [2.45, 2.75) is 63.2 Å². The Morgan fingerprint density at radius 3 is 2.09 bits per heavy atom. The van der Waals surface area contributed by atoms with E-state index in [2.05, 4.69) is 11.3 Å². The molecule has 22 heavy (non-hydrogen) atoms. The predicted octanol–water partition coefficient (Wildman–Crippen LogP) is 4.15. The molecule has 0 aliphatic rings. The summed E-state index contributed by atoms with van der Waals surface area (Å²) in [7, 11) is -4.03. The smallest absolute Gasteiger partial charge is 0.235 e. The molecule has 0 saturated carbocycles. The van der Waals surface area contributed by atoms with E-state index in [1.54, 1.807) is 18.2 Å². The number of aryl methyl sites for hydroxylation is 1. The van der Waals surface area contributed by atoms with Gasteiger partial charge in [-0.25, -0.2) is 5.26 Å². The Kier molecular flexibility index (Phi) is 15.0. The third kappa shape index (κ3) is 8.68. The molecule has 136 valence electrons. The molecule has 0 spiro atoms. The zero-order valence-corrected chi connectivity index (χ0v) is 15.3.